The van der Waals surface area contributed by atoms with E-state index >= 15 is 0 Å². The van der Waals surface area contributed by atoms with E-state index in [-0.39, 0.29) is 0 Å². The summed E-state index contributed by atoms with van der Waals surface area (Å²) >= 11 is 6.07. The zero-order chi connectivity index (χ0) is 18.5. The molecule has 0 amide bonds. The molecule has 0 atom stereocenters. The molecule has 7 heteroatoms. The summed E-state index contributed by atoms with van der Waals surface area (Å²) < 4.78 is 1.75. The van der Waals surface area contributed by atoms with Crippen molar-refractivity contribution in [3.05, 3.63) is 70.8 Å². The summed E-state index contributed by atoms with van der Waals surface area (Å²) in [6, 6.07) is 13.9. The summed E-state index contributed by atoms with van der Waals surface area (Å²) in [6.45, 7) is 1.94. The lowest BCUT2D eigenvalue weighted by Crippen LogP contribution is -2.03. The Bertz CT molecular complexity index is 1290. The number of halogens is 1. The fraction of sp³-hybridized carbons (Fsp3) is 0.100. The molecule has 0 fully saturated rings. The van der Waals surface area contributed by atoms with Gasteiger partial charge in [0.2, 0.25) is 0 Å². The van der Waals surface area contributed by atoms with Gasteiger partial charge >= 0.3 is 0 Å². The molecule has 4 N–H and O–H groups in total. The Labute approximate surface area is 160 Å². The van der Waals surface area contributed by atoms with Gasteiger partial charge in [-0.15, -0.1) is 0 Å². The SMILES string of the molecule is Cc1nc2ccc(-n3ncc(Cc4cc5cc(Cl)ccc5[nH]4)c3N)cc2[nH]1. The first-order valence-corrected chi connectivity index (χ1v) is 9.01. The van der Waals surface area contributed by atoms with Crippen LogP contribution in [0, 0.1) is 6.92 Å². The van der Waals surface area contributed by atoms with E-state index in [2.05, 4.69) is 26.1 Å². The Morgan fingerprint density at radius 3 is 2.85 bits per heavy atom. The summed E-state index contributed by atoms with van der Waals surface area (Å²) in [5.74, 6) is 1.51. The fourth-order valence-corrected chi connectivity index (χ4v) is 3.64. The average Bonchev–Trinajstić information content (AvgIpc) is 3.30. The molecule has 0 unspecified atom stereocenters. The predicted octanol–water partition coefficient (Wildman–Crippen LogP) is 4.36. The third kappa shape index (κ3) is 2.74. The average molecular weight is 377 g/mol. The molecule has 0 spiro atoms. The van der Waals surface area contributed by atoms with Crippen molar-refractivity contribution in [1.29, 1.82) is 0 Å². The Morgan fingerprint density at radius 2 is 1.96 bits per heavy atom. The maximum Gasteiger partial charge on any atom is 0.130 e. The van der Waals surface area contributed by atoms with Crippen molar-refractivity contribution in [2.45, 2.75) is 13.3 Å². The number of anilines is 1. The molecule has 5 rings (SSSR count). The lowest BCUT2D eigenvalue weighted by molar-refractivity contribution is 0.892. The number of nitrogens with one attached hydrogen (secondary N) is 2. The van der Waals surface area contributed by atoms with Gasteiger partial charge in [-0.1, -0.05) is 11.6 Å². The summed E-state index contributed by atoms with van der Waals surface area (Å²) in [4.78, 5) is 11.1. The van der Waals surface area contributed by atoms with Gasteiger partial charge in [0.05, 0.1) is 22.9 Å². The van der Waals surface area contributed by atoms with Gasteiger partial charge in [-0.2, -0.15) is 5.10 Å². The van der Waals surface area contributed by atoms with E-state index in [4.69, 9.17) is 17.3 Å². The number of hydrogen-bond acceptors (Lipinski definition) is 3. The molecule has 5 aromatic rings. The second-order valence-electron chi connectivity index (χ2n) is 6.69. The van der Waals surface area contributed by atoms with Crippen molar-refractivity contribution in [3.8, 4) is 5.69 Å². The number of aryl methyl sites for hydroxylation is 1. The molecule has 0 bridgehead atoms. The lowest BCUT2D eigenvalue weighted by Gasteiger charge is -2.05. The largest absolute Gasteiger partial charge is 0.383 e. The van der Waals surface area contributed by atoms with Crippen molar-refractivity contribution in [2.75, 3.05) is 5.73 Å². The number of aromatic amines is 2. The van der Waals surface area contributed by atoms with Gasteiger partial charge in [0, 0.05) is 33.6 Å². The highest BCUT2D eigenvalue weighted by Gasteiger charge is 2.12. The first-order chi connectivity index (χ1) is 13.1. The van der Waals surface area contributed by atoms with E-state index < -0.39 is 0 Å². The molecule has 0 aliphatic heterocycles. The van der Waals surface area contributed by atoms with Gasteiger partial charge in [0.1, 0.15) is 11.6 Å². The minimum absolute atomic E-state index is 0.627. The maximum absolute atomic E-state index is 6.39. The lowest BCUT2D eigenvalue weighted by atomic mass is 10.1. The summed E-state index contributed by atoms with van der Waals surface area (Å²) in [5, 5.41) is 6.30. The molecule has 0 radical (unpaired) electrons. The summed E-state index contributed by atoms with van der Waals surface area (Å²) in [6.07, 6.45) is 2.49. The van der Waals surface area contributed by atoms with Gasteiger partial charge in [-0.3, -0.25) is 0 Å². The smallest absolute Gasteiger partial charge is 0.130 e. The quantitative estimate of drug-likeness (QED) is 0.437. The molecule has 0 aliphatic rings. The van der Waals surface area contributed by atoms with Crippen LogP contribution in [0.1, 0.15) is 17.1 Å². The molecule has 0 saturated carbocycles. The van der Waals surface area contributed by atoms with E-state index in [1.54, 1.807) is 4.68 Å². The minimum atomic E-state index is 0.627. The summed E-state index contributed by atoms with van der Waals surface area (Å²) in [5.41, 5.74) is 12.3. The number of nitrogens with two attached hydrogens (primary N) is 1. The van der Waals surface area contributed by atoms with Crippen LogP contribution in [0.3, 0.4) is 0 Å². The zero-order valence-corrected chi connectivity index (χ0v) is 15.4. The Balaban J connectivity index is 1.49. The molecule has 3 aromatic heterocycles. The Hall–Kier alpha value is -3.25. The molecule has 134 valence electrons. The first-order valence-electron chi connectivity index (χ1n) is 8.63. The van der Waals surface area contributed by atoms with E-state index in [1.165, 1.54) is 0 Å². The number of nitrogens with zero attached hydrogens (tertiary/aromatic N) is 3. The number of rotatable bonds is 3. The van der Waals surface area contributed by atoms with E-state index in [0.717, 1.165) is 49.7 Å². The van der Waals surface area contributed by atoms with Gasteiger partial charge < -0.3 is 15.7 Å². The number of hydrogen-bond donors (Lipinski definition) is 3. The van der Waals surface area contributed by atoms with Crippen molar-refractivity contribution in [1.82, 2.24) is 24.7 Å². The highest BCUT2D eigenvalue weighted by molar-refractivity contribution is 6.31. The molecule has 0 saturated heterocycles. The second-order valence-corrected chi connectivity index (χ2v) is 7.13. The van der Waals surface area contributed by atoms with Crippen LogP contribution in [0.25, 0.3) is 27.6 Å². The van der Waals surface area contributed by atoms with Crippen LogP contribution >= 0.6 is 11.6 Å². The minimum Gasteiger partial charge on any atom is -0.383 e. The molecule has 27 heavy (non-hydrogen) atoms. The van der Waals surface area contributed by atoms with Crippen LogP contribution in [-0.4, -0.2) is 24.7 Å². The number of aromatic nitrogens is 5. The number of nitrogen functional groups attached to an aromatic ring is 1. The van der Waals surface area contributed by atoms with Gasteiger partial charge in [0.15, 0.2) is 0 Å². The summed E-state index contributed by atoms with van der Waals surface area (Å²) in [7, 11) is 0. The van der Waals surface area contributed by atoms with Crippen LogP contribution < -0.4 is 5.73 Å². The fourth-order valence-electron chi connectivity index (χ4n) is 3.45. The van der Waals surface area contributed by atoms with Crippen molar-refractivity contribution >= 4 is 39.4 Å². The Kier molecular flexibility index (Phi) is 3.48. The zero-order valence-electron chi connectivity index (χ0n) is 14.6. The number of H-pyrrole nitrogens is 2. The number of fused-ring (bicyclic) bond motifs is 2. The molecular formula is C20H17ClN6. The van der Waals surface area contributed by atoms with Crippen LogP contribution in [-0.2, 0) is 6.42 Å². The third-order valence-corrected chi connectivity index (χ3v) is 4.97. The number of benzene rings is 2. The van der Waals surface area contributed by atoms with Gasteiger partial charge in [-0.25, -0.2) is 9.67 Å². The van der Waals surface area contributed by atoms with E-state index in [0.29, 0.717) is 12.2 Å². The van der Waals surface area contributed by atoms with E-state index in [9.17, 15) is 0 Å². The standard InChI is InChI=1S/C20H17ClN6/c1-11-24-18-5-3-16(9-19(18)25-11)27-20(22)13(10-23-27)8-15-7-12-6-14(21)2-4-17(12)26-15/h2-7,9-10,26H,8,22H2,1H3,(H,24,25). The highest BCUT2D eigenvalue weighted by Crippen LogP contribution is 2.25. The Morgan fingerprint density at radius 1 is 1.07 bits per heavy atom. The van der Waals surface area contributed by atoms with Crippen LogP contribution in [0.15, 0.2) is 48.7 Å². The van der Waals surface area contributed by atoms with E-state index in [1.807, 2.05) is 49.5 Å². The highest BCUT2D eigenvalue weighted by atomic mass is 35.5. The molecule has 3 heterocycles. The molecule has 0 aliphatic carbocycles. The van der Waals surface area contributed by atoms with Gasteiger partial charge in [0.25, 0.3) is 0 Å². The molecular weight excluding hydrogens is 360 g/mol. The number of imidazole rings is 1. The molecule has 6 nitrogen and oxygen atoms in total. The maximum atomic E-state index is 6.39. The normalized spacial score (nSPS) is 11.6. The van der Waals surface area contributed by atoms with Crippen molar-refractivity contribution < 1.29 is 0 Å². The predicted molar refractivity (Wildman–Crippen MR) is 108 cm³/mol. The third-order valence-electron chi connectivity index (χ3n) is 4.73. The first kappa shape index (κ1) is 16.0. The topological polar surface area (TPSA) is 88.3 Å². The van der Waals surface area contributed by atoms with Crippen LogP contribution in [0.5, 0.6) is 0 Å². The van der Waals surface area contributed by atoms with Crippen molar-refractivity contribution in [3.63, 3.8) is 0 Å². The van der Waals surface area contributed by atoms with Crippen LogP contribution in [0.4, 0.5) is 5.82 Å². The second kappa shape index (κ2) is 5.89. The van der Waals surface area contributed by atoms with Crippen LogP contribution in [0.2, 0.25) is 5.02 Å². The van der Waals surface area contributed by atoms with Gasteiger partial charge in [-0.05, 0) is 49.4 Å². The monoisotopic (exact) mass is 376 g/mol. The molecule has 2 aromatic carbocycles. The van der Waals surface area contributed by atoms with Crippen molar-refractivity contribution in [2.24, 2.45) is 0 Å².